The normalized spacial score (nSPS) is 16.5. The van der Waals surface area contributed by atoms with E-state index in [0.717, 1.165) is 12.8 Å². The van der Waals surface area contributed by atoms with Crippen LogP contribution in [0.4, 0.5) is 0 Å². The zero-order valence-electron chi connectivity index (χ0n) is 6.92. The summed E-state index contributed by atoms with van der Waals surface area (Å²) in [5, 5.41) is 8.48. The number of nitrogens with zero attached hydrogens (tertiary/aromatic N) is 1. The predicted molar refractivity (Wildman–Crippen MR) is 42.1 cm³/mol. The Morgan fingerprint density at radius 2 is 2.27 bits per heavy atom. The third-order valence-electron chi connectivity index (χ3n) is 2.04. The maximum Gasteiger partial charge on any atom is 0.222 e. The van der Waals surface area contributed by atoms with Gasteiger partial charge in [-0.2, -0.15) is 0 Å². The minimum atomic E-state index is 0.115. The molecule has 64 valence electrons. The molecule has 1 N–H and O–H groups in total. The van der Waals surface area contributed by atoms with Gasteiger partial charge in [-0.3, -0.25) is 4.79 Å². The van der Waals surface area contributed by atoms with Crippen LogP contribution >= 0.6 is 0 Å². The lowest BCUT2D eigenvalue weighted by Gasteiger charge is -2.15. The molecule has 11 heavy (non-hydrogen) atoms. The van der Waals surface area contributed by atoms with Gasteiger partial charge in [-0.05, 0) is 19.3 Å². The summed E-state index contributed by atoms with van der Waals surface area (Å²) < 4.78 is 0. The first-order chi connectivity index (χ1) is 5.25. The van der Waals surface area contributed by atoms with E-state index in [1.165, 1.54) is 0 Å². The summed E-state index contributed by atoms with van der Waals surface area (Å²) >= 11 is 0. The van der Waals surface area contributed by atoms with E-state index in [1.54, 1.807) is 4.90 Å². The number of amides is 1. The van der Waals surface area contributed by atoms with Crippen molar-refractivity contribution >= 4 is 5.91 Å². The second-order valence-corrected chi connectivity index (χ2v) is 3.06. The van der Waals surface area contributed by atoms with E-state index in [0.29, 0.717) is 18.9 Å². The molecule has 1 fully saturated rings. The van der Waals surface area contributed by atoms with Crippen LogP contribution in [0.3, 0.4) is 0 Å². The fourth-order valence-electron chi connectivity index (χ4n) is 1.07. The highest BCUT2D eigenvalue weighted by Crippen LogP contribution is 2.25. The van der Waals surface area contributed by atoms with Crippen LogP contribution in [0.1, 0.15) is 25.7 Å². The number of rotatable bonds is 4. The molecule has 0 saturated heterocycles. The van der Waals surface area contributed by atoms with Crippen molar-refractivity contribution in [2.45, 2.75) is 31.7 Å². The van der Waals surface area contributed by atoms with Gasteiger partial charge >= 0.3 is 0 Å². The van der Waals surface area contributed by atoms with E-state index in [-0.39, 0.29) is 12.5 Å². The summed E-state index contributed by atoms with van der Waals surface area (Å²) in [6.07, 6.45) is 3.39. The fraction of sp³-hybridized carbons (Fsp3) is 0.875. The second-order valence-electron chi connectivity index (χ2n) is 3.06. The first kappa shape index (κ1) is 8.53. The van der Waals surface area contributed by atoms with Crippen LogP contribution in [-0.2, 0) is 4.79 Å². The van der Waals surface area contributed by atoms with Crippen LogP contribution in [0.15, 0.2) is 0 Å². The van der Waals surface area contributed by atoms with Gasteiger partial charge in [0.2, 0.25) is 5.91 Å². The maximum atomic E-state index is 11.2. The van der Waals surface area contributed by atoms with Crippen LogP contribution in [0.5, 0.6) is 0 Å². The van der Waals surface area contributed by atoms with Gasteiger partial charge in [-0.15, -0.1) is 0 Å². The predicted octanol–water partition coefficient (Wildman–Crippen LogP) is 0.380. The Kier molecular flexibility index (Phi) is 2.88. The lowest BCUT2D eigenvalue weighted by Crippen LogP contribution is -2.28. The SMILES string of the molecule is CN(C(=O)CCCO)C1CC1. The number of aliphatic hydroxyl groups excluding tert-OH is 1. The Morgan fingerprint density at radius 1 is 1.64 bits per heavy atom. The van der Waals surface area contributed by atoms with Gasteiger partial charge in [-0.1, -0.05) is 0 Å². The van der Waals surface area contributed by atoms with Crippen molar-refractivity contribution in [1.29, 1.82) is 0 Å². The van der Waals surface area contributed by atoms with Crippen molar-refractivity contribution in [2.24, 2.45) is 0 Å². The molecule has 0 aromatic heterocycles. The van der Waals surface area contributed by atoms with Gasteiger partial charge in [0, 0.05) is 26.1 Å². The Balaban J connectivity index is 2.16. The van der Waals surface area contributed by atoms with E-state index in [9.17, 15) is 4.79 Å². The van der Waals surface area contributed by atoms with Crippen LogP contribution in [-0.4, -0.2) is 35.6 Å². The number of hydrogen-bond donors (Lipinski definition) is 1. The van der Waals surface area contributed by atoms with E-state index in [1.807, 2.05) is 7.05 Å². The second kappa shape index (κ2) is 3.72. The number of carbonyl (C=O) groups excluding carboxylic acids is 1. The molecule has 0 spiro atoms. The fourth-order valence-corrected chi connectivity index (χ4v) is 1.07. The highest BCUT2D eigenvalue weighted by Gasteiger charge is 2.28. The highest BCUT2D eigenvalue weighted by molar-refractivity contribution is 5.76. The average molecular weight is 157 g/mol. The van der Waals surface area contributed by atoms with E-state index in [4.69, 9.17) is 5.11 Å². The van der Waals surface area contributed by atoms with Crippen molar-refractivity contribution < 1.29 is 9.90 Å². The quantitative estimate of drug-likeness (QED) is 0.641. The topological polar surface area (TPSA) is 40.5 Å². The van der Waals surface area contributed by atoms with Crippen LogP contribution in [0.25, 0.3) is 0 Å². The molecular formula is C8H15NO2. The van der Waals surface area contributed by atoms with Crippen molar-refractivity contribution in [3.05, 3.63) is 0 Å². The summed E-state index contributed by atoms with van der Waals surface area (Å²) in [6.45, 7) is 0.115. The van der Waals surface area contributed by atoms with E-state index >= 15 is 0 Å². The van der Waals surface area contributed by atoms with Crippen LogP contribution in [0, 0.1) is 0 Å². The molecule has 0 aromatic rings. The molecule has 1 aliphatic rings. The van der Waals surface area contributed by atoms with Crippen LogP contribution < -0.4 is 0 Å². The first-order valence-electron chi connectivity index (χ1n) is 4.12. The summed E-state index contributed by atoms with van der Waals surface area (Å²) in [5.41, 5.74) is 0. The minimum Gasteiger partial charge on any atom is -0.396 e. The van der Waals surface area contributed by atoms with Gasteiger partial charge in [0.1, 0.15) is 0 Å². The molecule has 0 radical (unpaired) electrons. The number of hydrogen-bond acceptors (Lipinski definition) is 2. The molecule has 0 aromatic carbocycles. The average Bonchev–Trinajstić information content (AvgIpc) is 2.81. The van der Waals surface area contributed by atoms with Crippen LogP contribution in [0.2, 0.25) is 0 Å². The zero-order valence-corrected chi connectivity index (χ0v) is 6.92. The number of carbonyl (C=O) groups is 1. The highest BCUT2D eigenvalue weighted by atomic mass is 16.3. The van der Waals surface area contributed by atoms with Crippen molar-refractivity contribution in [1.82, 2.24) is 4.90 Å². The molecule has 1 amide bonds. The molecule has 0 bridgehead atoms. The van der Waals surface area contributed by atoms with E-state index < -0.39 is 0 Å². The lowest BCUT2D eigenvalue weighted by molar-refractivity contribution is -0.130. The maximum absolute atomic E-state index is 11.2. The Morgan fingerprint density at radius 3 is 2.73 bits per heavy atom. The summed E-state index contributed by atoms with van der Waals surface area (Å²) in [5.74, 6) is 0.168. The first-order valence-corrected chi connectivity index (χ1v) is 4.12. The molecule has 3 nitrogen and oxygen atoms in total. The largest absolute Gasteiger partial charge is 0.396 e. The summed E-state index contributed by atoms with van der Waals surface area (Å²) in [4.78, 5) is 13.0. The smallest absolute Gasteiger partial charge is 0.222 e. The molecule has 0 heterocycles. The third-order valence-corrected chi connectivity index (χ3v) is 2.04. The summed E-state index contributed by atoms with van der Waals surface area (Å²) in [6, 6.07) is 0.501. The molecule has 0 aliphatic heterocycles. The van der Waals surface area contributed by atoms with Crippen molar-refractivity contribution in [2.75, 3.05) is 13.7 Å². The van der Waals surface area contributed by atoms with Gasteiger partial charge in [0.25, 0.3) is 0 Å². The Hall–Kier alpha value is -0.570. The van der Waals surface area contributed by atoms with Gasteiger partial charge in [0.15, 0.2) is 0 Å². The van der Waals surface area contributed by atoms with Gasteiger partial charge in [-0.25, -0.2) is 0 Å². The Bertz CT molecular complexity index is 143. The molecule has 0 atom stereocenters. The van der Waals surface area contributed by atoms with Gasteiger partial charge in [0.05, 0.1) is 0 Å². The lowest BCUT2D eigenvalue weighted by atomic mass is 10.3. The molecule has 0 unspecified atom stereocenters. The van der Waals surface area contributed by atoms with Crippen molar-refractivity contribution in [3.8, 4) is 0 Å². The molecule has 1 aliphatic carbocycles. The minimum absolute atomic E-state index is 0.115. The Labute approximate surface area is 67.0 Å². The molecule has 3 heteroatoms. The molecule has 1 saturated carbocycles. The van der Waals surface area contributed by atoms with E-state index in [2.05, 4.69) is 0 Å². The number of aliphatic hydroxyl groups is 1. The molecule has 1 rings (SSSR count). The standard InChI is InChI=1S/C8H15NO2/c1-9(7-4-5-7)8(11)3-2-6-10/h7,10H,2-6H2,1H3. The van der Waals surface area contributed by atoms with Gasteiger partial charge < -0.3 is 10.0 Å². The third kappa shape index (κ3) is 2.50. The zero-order chi connectivity index (χ0) is 8.27. The molecular weight excluding hydrogens is 142 g/mol. The van der Waals surface area contributed by atoms with Crippen molar-refractivity contribution in [3.63, 3.8) is 0 Å². The summed E-state index contributed by atoms with van der Waals surface area (Å²) in [7, 11) is 1.84. The monoisotopic (exact) mass is 157 g/mol.